The summed E-state index contributed by atoms with van der Waals surface area (Å²) in [4.78, 5) is 17.5. The van der Waals surface area contributed by atoms with Gasteiger partial charge in [-0.15, -0.1) is 0 Å². The second-order valence-corrected chi connectivity index (χ2v) is 8.42. The first-order valence-corrected chi connectivity index (χ1v) is 10.4. The van der Waals surface area contributed by atoms with Crippen molar-refractivity contribution in [1.29, 1.82) is 0 Å². The molecule has 27 heavy (non-hydrogen) atoms. The van der Waals surface area contributed by atoms with Gasteiger partial charge in [0, 0.05) is 39.3 Å². The van der Waals surface area contributed by atoms with Gasteiger partial charge in [-0.25, -0.2) is 8.42 Å². The van der Waals surface area contributed by atoms with Crippen molar-refractivity contribution in [2.45, 2.75) is 10.7 Å². The van der Waals surface area contributed by atoms with Crippen molar-refractivity contribution in [3.05, 3.63) is 24.3 Å². The maximum atomic E-state index is 13.0. The minimum Gasteiger partial charge on any atom is -0.378 e. The Kier molecular flexibility index (Phi) is 6.28. The normalized spacial score (nSPS) is 19.5. The van der Waals surface area contributed by atoms with Gasteiger partial charge in [0.1, 0.15) is 0 Å². The van der Waals surface area contributed by atoms with Crippen LogP contribution in [0, 0.1) is 0 Å². The Balaban J connectivity index is 1.62. The predicted molar refractivity (Wildman–Crippen MR) is 95.7 cm³/mol. The summed E-state index contributed by atoms with van der Waals surface area (Å²) in [7, 11) is -4.67. The number of benzene rings is 1. The number of halogens is 2. The van der Waals surface area contributed by atoms with E-state index in [0.717, 1.165) is 0 Å². The van der Waals surface area contributed by atoms with Crippen LogP contribution in [-0.4, -0.2) is 88.9 Å². The number of carbonyl (C=O) groups excluding carboxylic acids is 1. The molecule has 1 aromatic carbocycles. The number of anilines is 1. The zero-order valence-corrected chi connectivity index (χ0v) is 15.7. The highest BCUT2D eigenvalue weighted by Gasteiger charge is 2.31. The van der Waals surface area contributed by atoms with Crippen LogP contribution < -0.4 is 4.90 Å². The lowest BCUT2D eigenvalue weighted by molar-refractivity contribution is -0.136. The largest absolute Gasteiger partial charge is 0.378 e. The van der Waals surface area contributed by atoms with E-state index in [-0.39, 0.29) is 16.5 Å². The van der Waals surface area contributed by atoms with Crippen LogP contribution >= 0.6 is 0 Å². The Bertz CT molecular complexity index is 761. The van der Waals surface area contributed by atoms with Gasteiger partial charge in [0.05, 0.1) is 30.3 Å². The fourth-order valence-electron chi connectivity index (χ4n) is 3.31. The number of amides is 1. The molecule has 150 valence electrons. The van der Waals surface area contributed by atoms with Gasteiger partial charge in [0.15, 0.2) is 0 Å². The van der Waals surface area contributed by atoms with E-state index in [1.54, 1.807) is 21.9 Å². The molecule has 0 bridgehead atoms. The van der Waals surface area contributed by atoms with Gasteiger partial charge >= 0.3 is 5.76 Å². The monoisotopic (exact) mass is 403 g/mol. The average Bonchev–Trinajstić information content (AvgIpc) is 2.69. The van der Waals surface area contributed by atoms with Gasteiger partial charge in [-0.3, -0.25) is 9.69 Å². The number of ether oxygens (including phenoxy) is 1. The number of sulfone groups is 1. The van der Waals surface area contributed by atoms with E-state index < -0.39 is 15.6 Å². The Morgan fingerprint density at radius 1 is 1.04 bits per heavy atom. The molecule has 0 aliphatic carbocycles. The van der Waals surface area contributed by atoms with Crippen molar-refractivity contribution in [3.8, 4) is 0 Å². The van der Waals surface area contributed by atoms with E-state index in [4.69, 9.17) is 4.74 Å². The number of carbonyl (C=O) groups is 1. The molecule has 0 aromatic heterocycles. The fraction of sp³-hybridized carbons (Fsp3) is 0.588. The van der Waals surface area contributed by atoms with Crippen molar-refractivity contribution in [2.75, 3.05) is 63.9 Å². The highest BCUT2D eigenvalue weighted by Crippen LogP contribution is 2.29. The molecule has 0 spiro atoms. The van der Waals surface area contributed by atoms with Crippen LogP contribution in [0.2, 0.25) is 0 Å². The Morgan fingerprint density at radius 2 is 1.67 bits per heavy atom. The first kappa shape index (κ1) is 20.0. The smallest absolute Gasteiger partial charge is 0.341 e. The third-order valence-electron chi connectivity index (χ3n) is 4.84. The van der Waals surface area contributed by atoms with Gasteiger partial charge in [-0.1, -0.05) is 12.1 Å². The van der Waals surface area contributed by atoms with Gasteiger partial charge in [0.2, 0.25) is 15.7 Å². The molecule has 3 rings (SSSR count). The summed E-state index contributed by atoms with van der Waals surface area (Å²) in [6.07, 6.45) is 0. The number of nitrogens with zero attached hydrogens (tertiary/aromatic N) is 3. The third kappa shape index (κ3) is 4.56. The molecule has 7 nitrogen and oxygen atoms in total. The maximum Gasteiger partial charge on any atom is 0.341 e. The quantitative estimate of drug-likeness (QED) is 0.720. The molecular weight excluding hydrogens is 380 g/mol. The van der Waals surface area contributed by atoms with Gasteiger partial charge in [-0.2, -0.15) is 8.78 Å². The second kappa shape index (κ2) is 8.49. The van der Waals surface area contributed by atoms with Crippen molar-refractivity contribution in [2.24, 2.45) is 0 Å². The van der Waals surface area contributed by atoms with Crippen LogP contribution in [0.5, 0.6) is 0 Å². The number of hydrogen-bond donors (Lipinski definition) is 0. The maximum absolute atomic E-state index is 13.0. The highest BCUT2D eigenvalue weighted by molar-refractivity contribution is 7.91. The summed E-state index contributed by atoms with van der Waals surface area (Å²) < 4.78 is 55.0. The van der Waals surface area contributed by atoms with E-state index in [1.165, 1.54) is 12.1 Å². The summed E-state index contributed by atoms with van der Waals surface area (Å²) in [5.74, 6) is -3.40. The molecule has 0 saturated carbocycles. The molecule has 2 heterocycles. The minimum atomic E-state index is -4.67. The minimum absolute atomic E-state index is 0.0485. The molecule has 0 N–H and O–H groups in total. The Morgan fingerprint density at radius 3 is 2.30 bits per heavy atom. The number of hydrogen-bond acceptors (Lipinski definition) is 6. The lowest BCUT2D eigenvalue weighted by Gasteiger charge is -2.37. The zero-order chi connectivity index (χ0) is 19.4. The van der Waals surface area contributed by atoms with Crippen LogP contribution in [0.25, 0.3) is 0 Å². The fourth-order valence-corrected chi connectivity index (χ4v) is 4.25. The van der Waals surface area contributed by atoms with Crippen LogP contribution in [0.4, 0.5) is 14.5 Å². The molecule has 2 saturated heterocycles. The first-order valence-electron chi connectivity index (χ1n) is 8.83. The number of piperazine rings is 1. The highest BCUT2D eigenvalue weighted by atomic mass is 32.2. The zero-order valence-electron chi connectivity index (χ0n) is 14.9. The van der Waals surface area contributed by atoms with Crippen LogP contribution in [0.1, 0.15) is 0 Å². The molecule has 2 fully saturated rings. The van der Waals surface area contributed by atoms with Gasteiger partial charge in [-0.05, 0) is 12.1 Å². The van der Waals surface area contributed by atoms with E-state index in [2.05, 4.69) is 0 Å². The number of morpholine rings is 1. The van der Waals surface area contributed by atoms with Crippen molar-refractivity contribution < 1.29 is 26.7 Å². The SMILES string of the molecule is O=C(CN1CCN(c2ccccc2S(=O)(=O)C(F)F)CC1)N1CCOCC1. The molecule has 1 aromatic rings. The van der Waals surface area contributed by atoms with E-state index in [1.807, 2.05) is 4.90 Å². The molecule has 10 heteroatoms. The predicted octanol–water partition coefficient (Wildman–Crippen LogP) is 0.664. The molecule has 0 radical (unpaired) electrons. The van der Waals surface area contributed by atoms with Crippen LogP contribution in [0.3, 0.4) is 0 Å². The average molecular weight is 403 g/mol. The van der Waals surface area contributed by atoms with Gasteiger partial charge in [0.25, 0.3) is 0 Å². The summed E-state index contributed by atoms with van der Waals surface area (Å²) in [5, 5.41) is 0. The van der Waals surface area contributed by atoms with Crippen molar-refractivity contribution in [3.63, 3.8) is 0 Å². The molecule has 0 atom stereocenters. The number of alkyl halides is 2. The lowest BCUT2D eigenvalue weighted by Crippen LogP contribution is -2.51. The molecular formula is C17H23F2N3O4S. The van der Waals surface area contributed by atoms with Crippen molar-refractivity contribution >= 4 is 21.4 Å². The first-order chi connectivity index (χ1) is 12.9. The topological polar surface area (TPSA) is 70.2 Å². The lowest BCUT2D eigenvalue weighted by atomic mass is 10.2. The van der Waals surface area contributed by atoms with Crippen LogP contribution in [-0.2, 0) is 19.4 Å². The van der Waals surface area contributed by atoms with E-state index in [9.17, 15) is 22.0 Å². The standard InChI is InChI=1S/C17H23F2N3O4S/c18-17(19)27(24,25)15-4-2-1-3-14(15)21-7-5-20(6-8-21)13-16(23)22-9-11-26-12-10-22/h1-4,17H,5-13H2. The summed E-state index contributed by atoms with van der Waals surface area (Å²) in [6, 6.07) is 5.83. The molecule has 2 aliphatic rings. The van der Waals surface area contributed by atoms with Crippen LogP contribution in [0.15, 0.2) is 29.2 Å². The molecule has 0 unspecified atom stereocenters. The summed E-state index contributed by atoms with van der Waals surface area (Å²) in [6.45, 7) is 4.63. The van der Waals surface area contributed by atoms with E-state index in [0.29, 0.717) is 59.0 Å². The third-order valence-corrected chi connectivity index (χ3v) is 6.27. The summed E-state index contributed by atoms with van der Waals surface area (Å²) in [5.41, 5.74) is 0.289. The Labute approximate surface area is 157 Å². The Hall–Kier alpha value is -1.78. The summed E-state index contributed by atoms with van der Waals surface area (Å²) >= 11 is 0. The molecule has 1 amide bonds. The van der Waals surface area contributed by atoms with E-state index >= 15 is 0 Å². The number of para-hydroxylation sites is 1. The molecule has 2 aliphatic heterocycles. The van der Waals surface area contributed by atoms with Gasteiger partial charge < -0.3 is 14.5 Å². The van der Waals surface area contributed by atoms with Crippen molar-refractivity contribution in [1.82, 2.24) is 9.80 Å². The number of rotatable bonds is 5. The second-order valence-electron chi connectivity index (χ2n) is 6.53.